The summed E-state index contributed by atoms with van der Waals surface area (Å²) in [7, 11) is 0. The van der Waals surface area contributed by atoms with Crippen LogP contribution in [0.25, 0.3) is 0 Å². The quantitative estimate of drug-likeness (QED) is 0.566. The smallest absolute Gasteiger partial charge is 0.302 e. The van der Waals surface area contributed by atoms with Crippen LogP contribution in [0.4, 0.5) is 0 Å². The molecular weight excluding hydrogens is 156 g/mol. The van der Waals surface area contributed by atoms with Crippen molar-refractivity contribution in [2.24, 2.45) is 0 Å². The van der Waals surface area contributed by atoms with Gasteiger partial charge in [0.05, 0.1) is 19.5 Å². The molecule has 3 heteroatoms. The number of carbonyl (C=O) groups is 1. The van der Waals surface area contributed by atoms with E-state index in [1.54, 1.807) is 13.2 Å². The SMILES string of the molecule is C1=COCCC1.CCOC(C)=O. The Kier molecular flexibility index (Phi) is 7.44. The van der Waals surface area contributed by atoms with Gasteiger partial charge in [-0.3, -0.25) is 4.79 Å². The second-order valence-electron chi connectivity index (χ2n) is 2.31. The van der Waals surface area contributed by atoms with E-state index < -0.39 is 0 Å². The van der Waals surface area contributed by atoms with Gasteiger partial charge < -0.3 is 9.47 Å². The fourth-order valence-corrected chi connectivity index (χ4v) is 0.692. The van der Waals surface area contributed by atoms with E-state index in [4.69, 9.17) is 4.74 Å². The molecule has 0 aromatic rings. The maximum atomic E-state index is 9.82. The van der Waals surface area contributed by atoms with Crippen LogP contribution in [-0.2, 0) is 14.3 Å². The fourth-order valence-electron chi connectivity index (χ4n) is 0.692. The van der Waals surface area contributed by atoms with Crippen LogP contribution in [0.3, 0.4) is 0 Å². The maximum absolute atomic E-state index is 9.82. The highest BCUT2D eigenvalue weighted by atomic mass is 16.5. The highest BCUT2D eigenvalue weighted by Crippen LogP contribution is 1.97. The third-order valence-corrected chi connectivity index (χ3v) is 1.17. The molecule has 0 radical (unpaired) electrons. The first-order valence-electron chi connectivity index (χ1n) is 4.17. The third-order valence-electron chi connectivity index (χ3n) is 1.17. The molecule has 1 heterocycles. The Bertz CT molecular complexity index is 133. The molecular formula is C9H16O3. The lowest BCUT2D eigenvalue weighted by atomic mass is 10.3. The first kappa shape index (κ1) is 11.0. The van der Waals surface area contributed by atoms with Crippen LogP contribution in [0.1, 0.15) is 26.7 Å². The van der Waals surface area contributed by atoms with Crippen molar-refractivity contribution in [1.82, 2.24) is 0 Å². The standard InChI is InChI=1S/C5H8O.C4H8O2/c1-2-4-6-5-3-1;1-3-6-4(2)5/h2,4H,1,3,5H2;3H2,1-2H3. The topological polar surface area (TPSA) is 35.5 Å². The molecule has 0 aromatic heterocycles. The van der Waals surface area contributed by atoms with E-state index in [0.717, 1.165) is 6.61 Å². The van der Waals surface area contributed by atoms with Gasteiger partial charge in [0.1, 0.15) is 0 Å². The summed E-state index contributed by atoms with van der Waals surface area (Å²) in [6.45, 7) is 4.57. The predicted octanol–water partition coefficient (Wildman–Crippen LogP) is 1.88. The molecule has 0 amide bonds. The number of esters is 1. The van der Waals surface area contributed by atoms with Gasteiger partial charge in [-0.15, -0.1) is 0 Å². The van der Waals surface area contributed by atoms with Crippen LogP contribution in [0.2, 0.25) is 0 Å². The maximum Gasteiger partial charge on any atom is 0.302 e. The summed E-state index contributed by atoms with van der Waals surface area (Å²) in [5, 5.41) is 0. The molecule has 12 heavy (non-hydrogen) atoms. The normalized spacial score (nSPS) is 13.8. The van der Waals surface area contributed by atoms with Crippen molar-refractivity contribution >= 4 is 5.97 Å². The molecule has 0 fully saturated rings. The summed E-state index contributed by atoms with van der Waals surface area (Å²) in [5.41, 5.74) is 0. The van der Waals surface area contributed by atoms with Crippen molar-refractivity contribution in [3.05, 3.63) is 12.3 Å². The van der Waals surface area contributed by atoms with Gasteiger partial charge >= 0.3 is 5.97 Å². The minimum absolute atomic E-state index is 0.211. The van der Waals surface area contributed by atoms with Gasteiger partial charge in [-0.25, -0.2) is 0 Å². The summed E-state index contributed by atoms with van der Waals surface area (Å²) in [5.74, 6) is -0.211. The van der Waals surface area contributed by atoms with Crippen molar-refractivity contribution in [2.45, 2.75) is 26.7 Å². The molecule has 0 unspecified atom stereocenters. The molecule has 0 atom stereocenters. The summed E-state index contributed by atoms with van der Waals surface area (Å²) in [4.78, 5) is 9.82. The van der Waals surface area contributed by atoms with Gasteiger partial charge in [0.25, 0.3) is 0 Å². The molecule has 0 N–H and O–H groups in total. The first-order valence-corrected chi connectivity index (χ1v) is 4.17. The average Bonchev–Trinajstić information content (AvgIpc) is 2.08. The van der Waals surface area contributed by atoms with Gasteiger partial charge in [-0.05, 0) is 25.8 Å². The second kappa shape index (κ2) is 8.11. The molecule has 0 aromatic carbocycles. The Morgan fingerprint density at radius 3 is 2.50 bits per heavy atom. The first-order chi connectivity index (χ1) is 5.77. The van der Waals surface area contributed by atoms with Gasteiger partial charge in [0, 0.05) is 6.92 Å². The van der Waals surface area contributed by atoms with Crippen LogP contribution >= 0.6 is 0 Å². The molecule has 0 spiro atoms. The fraction of sp³-hybridized carbons (Fsp3) is 0.667. The molecule has 0 saturated heterocycles. The largest absolute Gasteiger partial charge is 0.502 e. The number of carbonyl (C=O) groups excluding carboxylic acids is 1. The van der Waals surface area contributed by atoms with Crippen molar-refractivity contribution in [1.29, 1.82) is 0 Å². The number of hydrogen-bond donors (Lipinski definition) is 0. The molecule has 70 valence electrons. The highest BCUT2D eigenvalue weighted by molar-refractivity contribution is 5.65. The number of ether oxygens (including phenoxy) is 2. The van der Waals surface area contributed by atoms with E-state index in [2.05, 4.69) is 4.74 Å². The van der Waals surface area contributed by atoms with E-state index in [9.17, 15) is 4.79 Å². The summed E-state index contributed by atoms with van der Waals surface area (Å²) >= 11 is 0. The minimum atomic E-state index is -0.211. The van der Waals surface area contributed by atoms with Crippen molar-refractivity contribution in [2.75, 3.05) is 13.2 Å². The molecule has 0 saturated carbocycles. The Morgan fingerprint density at radius 2 is 2.42 bits per heavy atom. The summed E-state index contributed by atoms with van der Waals surface area (Å²) < 4.78 is 9.29. The van der Waals surface area contributed by atoms with E-state index in [-0.39, 0.29) is 5.97 Å². The second-order valence-corrected chi connectivity index (χ2v) is 2.31. The molecule has 3 nitrogen and oxygen atoms in total. The predicted molar refractivity (Wildman–Crippen MR) is 46.6 cm³/mol. The Balaban J connectivity index is 0.000000202. The van der Waals surface area contributed by atoms with Crippen molar-refractivity contribution < 1.29 is 14.3 Å². The van der Waals surface area contributed by atoms with Crippen LogP contribution in [0.5, 0.6) is 0 Å². The monoisotopic (exact) mass is 172 g/mol. The zero-order chi connectivity index (χ0) is 9.23. The Morgan fingerprint density at radius 1 is 1.67 bits per heavy atom. The van der Waals surface area contributed by atoms with Crippen LogP contribution in [0.15, 0.2) is 12.3 Å². The molecule has 0 aliphatic carbocycles. The van der Waals surface area contributed by atoms with E-state index in [1.165, 1.54) is 19.8 Å². The van der Waals surface area contributed by atoms with Crippen LogP contribution < -0.4 is 0 Å². The van der Waals surface area contributed by atoms with Crippen LogP contribution in [0, 0.1) is 0 Å². The summed E-state index contributed by atoms with van der Waals surface area (Å²) in [6, 6.07) is 0. The molecule has 0 bridgehead atoms. The number of allylic oxidation sites excluding steroid dienone is 1. The zero-order valence-corrected chi connectivity index (χ0v) is 7.71. The zero-order valence-electron chi connectivity index (χ0n) is 7.71. The minimum Gasteiger partial charge on any atom is -0.502 e. The third kappa shape index (κ3) is 9.01. The van der Waals surface area contributed by atoms with Gasteiger partial charge in [0.15, 0.2) is 0 Å². The van der Waals surface area contributed by atoms with Crippen LogP contribution in [-0.4, -0.2) is 19.2 Å². The highest BCUT2D eigenvalue weighted by Gasteiger charge is 1.86. The van der Waals surface area contributed by atoms with E-state index >= 15 is 0 Å². The lowest BCUT2D eigenvalue weighted by Gasteiger charge is -2.01. The Labute approximate surface area is 73.4 Å². The average molecular weight is 172 g/mol. The molecule has 1 aliphatic rings. The van der Waals surface area contributed by atoms with Crippen molar-refractivity contribution in [3.8, 4) is 0 Å². The molecule has 1 aliphatic heterocycles. The number of hydrogen-bond acceptors (Lipinski definition) is 3. The van der Waals surface area contributed by atoms with E-state index in [1.807, 2.05) is 6.08 Å². The van der Waals surface area contributed by atoms with Gasteiger partial charge in [-0.1, -0.05) is 0 Å². The van der Waals surface area contributed by atoms with Gasteiger partial charge in [-0.2, -0.15) is 0 Å². The summed E-state index contributed by atoms with van der Waals surface area (Å²) in [6.07, 6.45) is 6.20. The molecule has 1 rings (SSSR count). The number of rotatable bonds is 1. The lowest BCUT2D eigenvalue weighted by molar-refractivity contribution is -0.140. The van der Waals surface area contributed by atoms with E-state index in [0.29, 0.717) is 6.61 Å². The van der Waals surface area contributed by atoms with Gasteiger partial charge in [0.2, 0.25) is 0 Å². The Hall–Kier alpha value is -0.990. The lowest BCUT2D eigenvalue weighted by Crippen LogP contribution is -1.95. The van der Waals surface area contributed by atoms with Crippen molar-refractivity contribution in [3.63, 3.8) is 0 Å².